The van der Waals surface area contributed by atoms with Gasteiger partial charge in [-0.2, -0.15) is 0 Å². The summed E-state index contributed by atoms with van der Waals surface area (Å²) in [5, 5.41) is 8.90. The Hall–Kier alpha value is -1.55. The third kappa shape index (κ3) is 3.70. The quantitative estimate of drug-likeness (QED) is 0.816. The van der Waals surface area contributed by atoms with Crippen LogP contribution in [0.25, 0.3) is 0 Å². The van der Waals surface area contributed by atoms with Crippen LogP contribution in [0.4, 0.5) is 0 Å². The van der Waals surface area contributed by atoms with Gasteiger partial charge in [0.1, 0.15) is 5.75 Å². The first-order valence-electron chi connectivity index (χ1n) is 6.53. The Morgan fingerprint density at radius 3 is 2.79 bits per heavy atom. The SMILES string of the molecule is CCOc1ccc(Cl)cc1CCc1cn(CC)nn1. The van der Waals surface area contributed by atoms with Gasteiger partial charge in [0.15, 0.2) is 0 Å². The summed E-state index contributed by atoms with van der Waals surface area (Å²) in [6, 6.07) is 5.73. The van der Waals surface area contributed by atoms with Crippen LogP contribution >= 0.6 is 11.6 Å². The van der Waals surface area contributed by atoms with E-state index in [-0.39, 0.29) is 0 Å². The molecule has 0 aliphatic carbocycles. The lowest BCUT2D eigenvalue weighted by atomic mass is 10.1. The number of aryl methyl sites for hydroxylation is 3. The van der Waals surface area contributed by atoms with Crippen molar-refractivity contribution >= 4 is 11.6 Å². The Kier molecular flexibility index (Phi) is 4.80. The molecule has 5 heteroatoms. The van der Waals surface area contributed by atoms with Gasteiger partial charge < -0.3 is 4.74 Å². The fourth-order valence-electron chi connectivity index (χ4n) is 1.91. The average molecular weight is 280 g/mol. The van der Waals surface area contributed by atoms with E-state index in [0.717, 1.165) is 41.4 Å². The zero-order valence-corrected chi connectivity index (χ0v) is 12.0. The summed E-state index contributed by atoms with van der Waals surface area (Å²) in [6.45, 7) is 5.52. The first-order valence-corrected chi connectivity index (χ1v) is 6.91. The third-order valence-corrected chi connectivity index (χ3v) is 3.12. The van der Waals surface area contributed by atoms with Gasteiger partial charge >= 0.3 is 0 Å². The number of benzene rings is 1. The number of hydrogen-bond acceptors (Lipinski definition) is 3. The summed E-state index contributed by atoms with van der Waals surface area (Å²) in [5.41, 5.74) is 2.10. The highest BCUT2D eigenvalue weighted by Crippen LogP contribution is 2.24. The smallest absolute Gasteiger partial charge is 0.122 e. The second-order valence-corrected chi connectivity index (χ2v) is 4.69. The molecule has 19 heavy (non-hydrogen) atoms. The molecular formula is C14H18ClN3O. The molecule has 1 aromatic heterocycles. The van der Waals surface area contributed by atoms with E-state index in [1.807, 2.05) is 42.9 Å². The number of aromatic nitrogens is 3. The molecule has 1 aromatic carbocycles. The van der Waals surface area contributed by atoms with Crippen LogP contribution in [0.2, 0.25) is 5.02 Å². The van der Waals surface area contributed by atoms with E-state index in [2.05, 4.69) is 10.3 Å². The maximum absolute atomic E-state index is 6.04. The lowest BCUT2D eigenvalue weighted by Gasteiger charge is -2.09. The van der Waals surface area contributed by atoms with Crippen molar-refractivity contribution in [2.45, 2.75) is 33.2 Å². The second kappa shape index (κ2) is 6.57. The highest BCUT2D eigenvalue weighted by atomic mass is 35.5. The fraction of sp³-hybridized carbons (Fsp3) is 0.429. The predicted molar refractivity (Wildman–Crippen MR) is 75.7 cm³/mol. The van der Waals surface area contributed by atoms with Crippen molar-refractivity contribution in [3.8, 4) is 5.75 Å². The molecule has 0 saturated heterocycles. The summed E-state index contributed by atoms with van der Waals surface area (Å²) in [4.78, 5) is 0. The van der Waals surface area contributed by atoms with Crippen molar-refractivity contribution in [1.82, 2.24) is 15.0 Å². The van der Waals surface area contributed by atoms with E-state index in [1.165, 1.54) is 0 Å². The van der Waals surface area contributed by atoms with Gasteiger partial charge in [-0.25, -0.2) is 0 Å². The van der Waals surface area contributed by atoms with Crippen molar-refractivity contribution in [1.29, 1.82) is 0 Å². The van der Waals surface area contributed by atoms with Gasteiger partial charge in [0.2, 0.25) is 0 Å². The van der Waals surface area contributed by atoms with Crippen LogP contribution in [0.1, 0.15) is 25.1 Å². The molecule has 0 bridgehead atoms. The zero-order chi connectivity index (χ0) is 13.7. The van der Waals surface area contributed by atoms with E-state index in [9.17, 15) is 0 Å². The van der Waals surface area contributed by atoms with Crippen LogP contribution in [-0.4, -0.2) is 21.6 Å². The first kappa shape index (κ1) is 13.9. The van der Waals surface area contributed by atoms with Gasteiger partial charge in [0, 0.05) is 17.8 Å². The first-order chi connectivity index (χ1) is 9.22. The third-order valence-electron chi connectivity index (χ3n) is 2.88. The molecule has 0 amide bonds. The molecule has 0 unspecified atom stereocenters. The zero-order valence-electron chi connectivity index (χ0n) is 11.3. The molecule has 0 fully saturated rings. The number of hydrogen-bond donors (Lipinski definition) is 0. The molecule has 0 saturated carbocycles. The summed E-state index contributed by atoms with van der Waals surface area (Å²) in [6.07, 6.45) is 3.66. The highest BCUT2D eigenvalue weighted by Gasteiger charge is 2.07. The Labute approximate surface area is 118 Å². The van der Waals surface area contributed by atoms with Crippen molar-refractivity contribution in [2.24, 2.45) is 0 Å². The topological polar surface area (TPSA) is 39.9 Å². The summed E-state index contributed by atoms with van der Waals surface area (Å²) < 4.78 is 7.44. The van der Waals surface area contributed by atoms with E-state index in [4.69, 9.17) is 16.3 Å². The molecule has 0 atom stereocenters. The summed E-state index contributed by atoms with van der Waals surface area (Å²) in [5.74, 6) is 0.898. The van der Waals surface area contributed by atoms with Crippen LogP contribution in [0.5, 0.6) is 5.75 Å². The van der Waals surface area contributed by atoms with Crippen molar-refractivity contribution < 1.29 is 4.74 Å². The molecule has 0 radical (unpaired) electrons. The lowest BCUT2D eigenvalue weighted by Crippen LogP contribution is -1.99. The minimum atomic E-state index is 0.653. The molecule has 0 aliphatic rings. The van der Waals surface area contributed by atoms with E-state index < -0.39 is 0 Å². The Morgan fingerprint density at radius 2 is 2.11 bits per heavy atom. The maximum atomic E-state index is 6.04. The van der Waals surface area contributed by atoms with Crippen LogP contribution in [0.15, 0.2) is 24.4 Å². The van der Waals surface area contributed by atoms with E-state index in [1.54, 1.807) is 0 Å². The molecule has 0 aliphatic heterocycles. The Bertz CT molecular complexity index is 539. The van der Waals surface area contributed by atoms with Crippen molar-refractivity contribution in [3.05, 3.63) is 40.7 Å². The van der Waals surface area contributed by atoms with Gasteiger partial charge in [-0.05, 0) is 50.5 Å². The highest BCUT2D eigenvalue weighted by molar-refractivity contribution is 6.30. The van der Waals surface area contributed by atoms with Gasteiger partial charge in [-0.1, -0.05) is 16.8 Å². The maximum Gasteiger partial charge on any atom is 0.122 e. The lowest BCUT2D eigenvalue weighted by molar-refractivity contribution is 0.336. The Balaban J connectivity index is 2.07. The number of ether oxygens (including phenoxy) is 1. The molecule has 1 heterocycles. The van der Waals surface area contributed by atoms with Crippen LogP contribution in [0, 0.1) is 0 Å². The largest absolute Gasteiger partial charge is 0.494 e. The minimum Gasteiger partial charge on any atom is -0.494 e. The minimum absolute atomic E-state index is 0.653. The molecular weight excluding hydrogens is 262 g/mol. The van der Waals surface area contributed by atoms with Gasteiger partial charge in [0.25, 0.3) is 0 Å². The molecule has 102 valence electrons. The van der Waals surface area contributed by atoms with Gasteiger partial charge in [0.05, 0.1) is 12.3 Å². The van der Waals surface area contributed by atoms with Crippen molar-refractivity contribution in [3.63, 3.8) is 0 Å². The second-order valence-electron chi connectivity index (χ2n) is 4.25. The van der Waals surface area contributed by atoms with E-state index >= 15 is 0 Å². The van der Waals surface area contributed by atoms with Crippen LogP contribution in [-0.2, 0) is 19.4 Å². The van der Waals surface area contributed by atoms with Gasteiger partial charge in [-0.3, -0.25) is 4.68 Å². The van der Waals surface area contributed by atoms with Crippen LogP contribution in [0.3, 0.4) is 0 Å². The number of rotatable bonds is 6. The molecule has 0 N–H and O–H groups in total. The molecule has 4 nitrogen and oxygen atoms in total. The predicted octanol–water partition coefficient (Wildman–Crippen LogP) is 3.14. The monoisotopic (exact) mass is 279 g/mol. The summed E-state index contributed by atoms with van der Waals surface area (Å²) in [7, 11) is 0. The average Bonchev–Trinajstić information content (AvgIpc) is 2.87. The summed E-state index contributed by atoms with van der Waals surface area (Å²) >= 11 is 6.04. The fourth-order valence-corrected chi connectivity index (χ4v) is 2.10. The van der Waals surface area contributed by atoms with E-state index in [0.29, 0.717) is 6.61 Å². The molecule has 0 spiro atoms. The van der Waals surface area contributed by atoms with Crippen LogP contribution < -0.4 is 4.74 Å². The normalized spacial score (nSPS) is 10.7. The number of halogens is 1. The molecule has 2 aromatic rings. The Morgan fingerprint density at radius 1 is 1.26 bits per heavy atom. The number of nitrogens with zero attached hydrogens (tertiary/aromatic N) is 3. The molecule has 2 rings (SSSR count). The van der Waals surface area contributed by atoms with Gasteiger partial charge in [-0.15, -0.1) is 5.10 Å². The standard InChI is InChI=1S/C14H18ClN3O/c1-3-18-10-13(16-17-18)7-5-11-9-12(15)6-8-14(11)19-4-2/h6,8-10H,3-5,7H2,1-2H3. The van der Waals surface area contributed by atoms with Crippen molar-refractivity contribution in [2.75, 3.05) is 6.61 Å².